The SMILES string of the molecule is Fc1ccc(Nc2ncnc(N/N=C/c3ccc(OC(F)(F)C(F)F)cc3)n2)cc1C(F)(F)F. The Hall–Kier alpha value is -4.04. The molecule has 0 fully saturated rings. The van der Waals surface area contributed by atoms with Crippen LogP contribution in [0.2, 0.25) is 0 Å². The van der Waals surface area contributed by atoms with E-state index >= 15 is 0 Å². The second kappa shape index (κ2) is 9.84. The third-order valence-electron chi connectivity index (χ3n) is 3.87. The molecule has 2 N–H and O–H groups in total. The molecule has 1 heterocycles. The quantitative estimate of drug-likeness (QED) is 0.247. The number of aromatic nitrogens is 3. The summed E-state index contributed by atoms with van der Waals surface area (Å²) in [4.78, 5) is 11.4. The second-order valence-electron chi connectivity index (χ2n) is 6.35. The maximum absolute atomic E-state index is 13.4. The fourth-order valence-electron chi connectivity index (χ4n) is 2.35. The van der Waals surface area contributed by atoms with E-state index in [0.717, 1.165) is 24.5 Å². The predicted octanol–water partition coefficient (Wildman–Crippen LogP) is 5.46. The highest BCUT2D eigenvalue weighted by molar-refractivity contribution is 5.80. The number of benzene rings is 2. The summed E-state index contributed by atoms with van der Waals surface area (Å²) in [7, 11) is 0. The van der Waals surface area contributed by atoms with E-state index in [2.05, 4.69) is 35.5 Å². The van der Waals surface area contributed by atoms with Crippen LogP contribution in [0.4, 0.5) is 52.7 Å². The van der Waals surface area contributed by atoms with Gasteiger partial charge in [0.05, 0.1) is 11.8 Å². The van der Waals surface area contributed by atoms with Crippen LogP contribution >= 0.6 is 0 Å². The van der Waals surface area contributed by atoms with Crippen LogP contribution in [0, 0.1) is 5.82 Å². The Labute approximate surface area is 185 Å². The first-order valence-corrected chi connectivity index (χ1v) is 9.01. The zero-order valence-corrected chi connectivity index (χ0v) is 16.5. The van der Waals surface area contributed by atoms with Crippen LogP contribution in [0.15, 0.2) is 53.9 Å². The Balaban J connectivity index is 1.63. The molecular weight excluding hydrogens is 480 g/mol. The van der Waals surface area contributed by atoms with E-state index in [1.54, 1.807) is 0 Å². The topological polar surface area (TPSA) is 84.3 Å². The highest BCUT2D eigenvalue weighted by Crippen LogP contribution is 2.33. The first kappa shape index (κ1) is 24.6. The molecule has 0 radical (unpaired) electrons. The van der Waals surface area contributed by atoms with Gasteiger partial charge in [-0.15, -0.1) is 0 Å². The Morgan fingerprint density at radius 1 is 0.941 bits per heavy atom. The number of anilines is 3. The summed E-state index contributed by atoms with van der Waals surface area (Å²) in [5, 5.41) is 6.26. The number of nitrogens with zero attached hydrogens (tertiary/aromatic N) is 4. The molecule has 3 rings (SSSR count). The van der Waals surface area contributed by atoms with Gasteiger partial charge >= 0.3 is 18.7 Å². The van der Waals surface area contributed by atoms with Crippen LogP contribution in [-0.2, 0) is 6.18 Å². The molecule has 180 valence electrons. The van der Waals surface area contributed by atoms with Crippen molar-refractivity contribution in [1.29, 1.82) is 0 Å². The lowest BCUT2D eigenvalue weighted by molar-refractivity contribution is -0.253. The lowest BCUT2D eigenvalue weighted by atomic mass is 10.2. The van der Waals surface area contributed by atoms with E-state index < -0.39 is 35.8 Å². The van der Waals surface area contributed by atoms with E-state index in [4.69, 9.17) is 0 Å². The van der Waals surface area contributed by atoms with Gasteiger partial charge in [-0.2, -0.15) is 45.8 Å². The zero-order chi connectivity index (χ0) is 24.9. The monoisotopic (exact) mass is 492 g/mol. The lowest BCUT2D eigenvalue weighted by Crippen LogP contribution is -2.33. The van der Waals surface area contributed by atoms with Gasteiger partial charge in [-0.3, -0.25) is 0 Å². The Morgan fingerprint density at radius 2 is 1.62 bits per heavy atom. The van der Waals surface area contributed by atoms with Crippen molar-refractivity contribution in [2.24, 2.45) is 5.10 Å². The number of hydrogen-bond donors (Lipinski definition) is 2. The van der Waals surface area contributed by atoms with Crippen LogP contribution in [0.25, 0.3) is 0 Å². The molecule has 0 saturated heterocycles. The first-order chi connectivity index (χ1) is 15.9. The van der Waals surface area contributed by atoms with Gasteiger partial charge in [0.25, 0.3) is 0 Å². The van der Waals surface area contributed by atoms with Gasteiger partial charge in [-0.25, -0.2) is 14.8 Å². The van der Waals surface area contributed by atoms with Gasteiger partial charge in [-0.05, 0) is 48.0 Å². The highest BCUT2D eigenvalue weighted by Gasteiger charge is 2.43. The fraction of sp³-hybridized carbons (Fsp3) is 0.158. The average Bonchev–Trinajstić information content (AvgIpc) is 2.75. The molecule has 3 aromatic rings. The standard InChI is InChI=1S/C19H12F8N6O/c20-14-6-3-11(7-13(14)18(23,24)25)31-16-28-9-29-17(32-16)33-30-8-10-1-4-12(5-2-10)34-19(26,27)15(21)22/h1-9,15H,(H2,28,29,31,32,33)/b30-8+. The van der Waals surface area contributed by atoms with Crippen LogP contribution in [0.1, 0.15) is 11.1 Å². The van der Waals surface area contributed by atoms with E-state index in [1.807, 2.05) is 0 Å². The summed E-state index contributed by atoms with van der Waals surface area (Å²) >= 11 is 0. The van der Waals surface area contributed by atoms with E-state index in [-0.39, 0.29) is 17.6 Å². The number of hydrogen-bond acceptors (Lipinski definition) is 7. The van der Waals surface area contributed by atoms with Gasteiger partial charge in [-0.1, -0.05) is 0 Å². The van der Waals surface area contributed by atoms with E-state index in [9.17, 15) is 35.1 Å². The van der Waals surface area contributed by atoms with Crippen LogP contribution < -0.4 is 15.5 Å². The summed E-state index contributed by atoms with van der Waals surface area (Å²) in [5.41, 5.74) is 1.17. The minimum absolute atomic E-state index is 0.122. The van der Waals surface area contributed by atoms with Gasteiger partial charge in [0.2, 0.25) is 11.9 Å². The fourth-order valence-corrected chi connectivity index (χ4v) is 2.35. The van der Waals surface area contributed by atoms with Crippen molar-refractivity contribution >= 4 is 23.8 Å². The van der Waals surface area contributed by atoms with Gasteiger partial charge in [0, 0.05) is 5.69 Å². The lowest BCUT2D eigenvalue weighted by Gasteiger charge is -2.16. The molecule has 0 atom stereocenters. The van der Waals surface area contributed by atoms with Crippen LogP contribution in [0.3, 0.4) is 0 Å². The van der Waals surface area contributed by atoms with Gasteiger partial charge < -0.3 is 10.1 Å². The van der Waals surface area contributed by atoms with Crippen LogP contribution in [-0.4, -0.2) is 33.7 Å². The number of alkyl halides is 7. The summed E-state index contributed by atoms with van der Waals surface area (Å²) in [5.74, 6) is -2.22. The molecule has 0 amide bonds. The van der Waals surface area contributed by atoms with Crippen molar-refractivity contribution in [1.82, 2.24) is 15.0 Å². The van der Waals surface area contributed by atoms with Crippen molar-refractivity contribution < 1.29 is 39.9 Å². The molecule has 0 spiro atoms. The second-order valence-corrected chi connectivity index (χ2v) is 6.35. The van der Waals surface area contributed by atoms with Crippen molar-refractivity contribution in [3.05, 3.63) is 65.7 Å². The number of hydrazone groups is 1. The maximum Gasteiger partial charge on any atom is 0.461 e. The Bertz CT molecular complexity index is 1150. The van der Waals surface area contributed by atoms with E-state index in [1.165, 1.54) is 18.3 Å². The highest BCUT2D eigenvalue weighted by atomic mass is 19.4. The predicted molar refractivity (Wildman–Crippen MR) is 104 cm³/mol. The average molecular weight is 492 g/mol. The van der Waals surface area contributed by atoms with Gasteiger partial charge in [0.1, 0.15) is 17.9 Å². The van der Waals surface area contributed by atoms with Crippen molar-refractivity contribution in [2.45, 2.75) is 18.7 Å². The Kier molecular flexibility index (Phi) is 7.12. The number of halogens is 8. The molecule has 1 aromatic heterocycles. The molecule has 0 unspecified atom stereocenters. The normalized spacial score (nSPS) is 12.3. The maximum atomic E-state index is 13.4. The third-order valence-corrected chi connectivity index (χ3v) is 3.87. The number of nitrogens with one attached hydrogen (secondary N) is 2. The smallest absolute Gasteiger partial charge is 0.428 e. The summed E-state index contributed by atoms with van der Waals surface area (Å²) in [6.07, 6.45) is -11.3. The molecule has 15 heteroatoms. The first-order valence-electron chi connectivity index (χ1n) is 9.01. The number of ether oxygens (including phenoxy) is 1. The van der Waals surface area contributed by atoms with Crippen LogP contribution in [0.5, 0.6) is 5.75 Å². The molecule has 34 heavy (non-hydrogen) atoms. The largest absolute Gasteiger partial charge is 0.461 e. The zero-order valence-electron chi connectivity index (χ0n) is 16.5. The summed E-state index contributed by atoms with van der Waals surface area (Å²) in [6, 6.07) is 6.82. The number of rotatable bonds is 8. The molecule has 0 aliphatic rings. The molecule has 0 saturated carbocycles. The third kappa shape index (κ3) is 6.49. The molecule has 7 nitrogen and oxygen atoms in total. The molecule has 0 aliphatic heterocycles. The van der Waals surface area contributed by atoms with Crippen molar-refractivity contribution in [2.75, 3.05) is 10.7 Å². The van der Waals surface area contributed by atoms with E-state index in [0.29, 0.717) is 17.7 Å². The molecular formula is C19H12F8N6O. The minimum Gasteiger partial charge on any atom is -0.428 e. The minimum atomic E-state index is -4.89. The molecule has 2 aromatic carbocycles. The van der Waals surface area contributed by atoms with Gasteiger partial charge in [0.15, 0.2) is 0 Å². The Morgan fingerprint density at radius 3 is 2.26 bits per heavy atom. The molecule has 0 aliphatic carbocycles. The summed E-state index contributed by atoms with van der Waals surface area (Å²) in [6.45, 7) is 0. The van der Waals surface area contributed by atoms with Crippen molar-refractivity contribution in [3.8, 4) is 5.75 Å². The summed E-state index contributed by atoms with van der Waals surface area (Å²) < 4.78 is 106. The van der Waals surface area contributed by atoms with Crippen molar-refractivity contribution in [3.63, 3.8) is 0 Å². The molecule has 0 bridgehead atoms.